The molecule has 1 aromatic rings. The summed E-state index contributed by atoms with van der Waals surface area (Å²) in [5.74, 6) is -0.863. The van der Waals surface area contributed by atoms with Crippen molar-refractivity contribution in [2.75, 3.05) is 13.2 Å². The van der Waals surface area contributed by atoms with Crippen LogP contribution in [0.3, 0.4) is 0 Å². The molecule has 0 bridgehead atoms. The molecule has 1 aliphatic rings. The molecule has 2 nitrogen and oxygen atoms in total. The quantitative estimate of drug-likeness (QED) is 0.860. The third-order valence-electron chi connectivity index (χ3n) is 3.02. The van der Waals surface area contributed by atoms with E-state index in [0.717, 1.165) is 6.07 Å². The molecular weight excluding hydrogens is 212 g/mol. The van der Waals surface area contributed by atoms with E-state index in [1.165, 1.54) is 0 Å². The standard InChI is InChI=1S/C12H15F2NO/c1-7(2-4-15)11-8-3-5-16-12(8)10(14)6-9(11)13/h6-7H,2-5,15H2,1H3. The van der Waals surface area contributed by atoms with Crippen molar-refractivity contribution in [2.45, 2.75) is 25.7 Å². The number of hydrogen-bond acceptors (Lipinski definition) is 2. The average molecular weight is 227 g/mol. The van der Waals surface area contributed by atoms with Gasteiger partial charge in [0.15, 0.2) is 11.6 Å². The van der Waals surface area contributed by atoms with E-state index in [0.29, 0.717) is 37.1 Å². The maximum Gasteiger partial charge on any atom is 0.168 e. The highest BCUT2D eigenvalue weighted by molar-refractivity contribution is 5.46. The molecule has 2 N–H and O–H groups in total. The van der Waals surface area contributed by atoms with Crippen LogP contribution >= 0.6 is 0 Å². The van der Waals surface area contributed by atoms with Crippen LogP contribution in [0.25, 0.3) is 0 Å². The van der Waals surface area contributed by atoms with E-state index in [1.54, 1.807) is 0 Å². The van der Waals surface area contributed by atoms with E-state index >= 15 is 0 Å². The molecule has 0 saturated carbocycles. The van der Waals surface area contributed by atoms with E-state index in [2.05, 4.69) is 0 Å². The van der Waals surface area contributed by atoms with Crippen molar-refractivity contribution in [1.82, 2.24) is 0 Å². The number of fused-ring (bicyclic) bond motifs is 1. The van der Waals surface area contributed by atoms with E-state index in [1.807, 2.05) is 6.92 Å². The Bertz CT molecular complexity index is 406. The number of halogens is 2. The van der Waals surface area contributed by atoms with Crippen LogP contribution in [0.4, 0.5) is 8.78 Å². The second-order valence-electron chi connectivity index (χ2n) is 4.14. The molecule has 0 fully saturated rings. The first-order valence-electron chi connectivity index (χ1n) is 5.48. The highest BCUT2D eigenvalue weighted by atomic mass is 19.1. The third-order valence-corrected chi connectivity index (χ3v) is 3.02. The highest BCUT2D eigenvalue weighted by Gasteiger charge is 2.26. The minimum absolute atomic E-state index is 0.000972. The molecule has 0 amide bonds. The fourth-order valence-electron chi connectivity index (χ4n) is 2.25. The van der Waals surface area contributed by atoms with Gasteiger partial charge in [-0.25, -0.2) is 8.78 Å². The minimum Gasteiger partial charge on any atom is -0.490 e. The number of hydrogen-bond donors (Lipinski definition) is 1. The Labute approximate surface area is 93.4 Å². The minimum atomic E-state index is -0.603. The van der Waals surface area contributed by atoms with Crippen LogP contribution in [0.1, 0.15) is 30.4 Å². The molecule has 0 saturated heterocycles. The molecule has 0 aromatic heterocycles. The van der Waals surface area contributed by atoms with Crippen LogP contribution in [0, 0.1) is 11.6 Å². The zero-order chi connectivity index (χ0) is 11.7. The highest BCUT2D eigenvalue weighted by Crippen LogP contribution is 2.37. The second-order valence-corrected chi connectivity index (χ2v) is 4.14. The van der Waals surface area contributed by atoms with Gasteiger partial charge in [-0.05, 0) is 24.4 Å². The zero-order valence-corrected chi connectivity index (χ0v) is 9.22. The maximum atomic E-state index is 13.7. The van der Waals surface area contributed by atoms with Crippen LogP contribution in [0.15, 0.2) is 6.07 Å². The number of ether oxygens (including phenoxy) is 1. The molecule has 2 rings (SSSR count). The lowest BCUT2D eigenvalue weighted by molar-refractivity contribution is 0.338. The summed E-state index contributed by atoms with van der Waals surface area (Å²) < 4.78 is 32.3. The fourth-order valence-corrected chi connectivity index (χ4v) is 2.25. The molecule has 4 heteroatoms. The first-order valence-corrected chi connectivity index (χ1v) is 5.48. The van der Waals surface area contributed by atoms with E-state index in [-0.39, 0.29) is 11.7 Å². The van der Waals surface area contributed by atoms with E-state index < -0.39 is 11.6 Å². The van der Waals surface area contributed by atoms with Crippen molar-refractivity contribution >= 4 is 0 Å². The monoisotopic (exact) mass is 227 g/mol. The van der Waals surface area contributed by atoms with Crippen molar-refractivity contribution in [2.24, 2.45) is 5.73 Å². The summed E-state index contributed by atoms with van der Waals surface area (Å²) in [5, 5.41) is 0. The Kier molecular flexibility index (Phi) is 3.10. The van der Waals surface area contributed by atoms with Crippen molar-refractivity contribution in [3.8, 4) is 5.75 Å². The maximum absolute atomic E-state index is 13.7. The molecule has 1 atom stereocenters. The van der Waals surface area contributed by atoms with Gasteiger partial charge in [0.05, 0.1) is 6.61 Å². The lowest BCUT2D eigenvalue weighted by Crippen LogP contribution is -2.08. The Morgan fingerprint density at radius 1 is 1.44 bits per heavy atom. The van der Waals surface area contributed by atoms with Gasteiger partial charge in [0.2, 0.25) is 0 Å². The molecule has 0 aliphatic carbocycles. The Hall–Kier alpha value is -1.16. The number of rotatable bonds is 3. The van der Waals surface area contributed by atoms with Crippen molar-refractivity contribution in [1.29, 1.82) is 0 Å². The van der Waals surface area contributed by atoms with Crippen molar-refractivity contribution < 1.29 is 13.5 Å². The smallest absolute Gasteiger partial charge is 0.168 e. The van der Waals surface area contributed by atoms with Crippen molar-refractivity contribution in [3.05, 3.63) is 28.8 Å². The van der Waals surface area contributed by atoms with Crippen LogP contribution in [-0.4, -0.2) is 13.2 Å². The molecule has 88 valence electrons. The summed E-state index contributed by atoms with van der Waals surface area (Å²) in [6.45, 7) is 2.83. The summed E-state index contributed by atoms with van der Waals surface area (Å²) in [7, 11) is 0. The fraction of sp³-hybridized carbons (Fsp3) is 0.500. The molecule has 1 aliphatic heterocycles. The van der Waals surface area contributed by atoms with Gasteiger partial charge in [0.1, 0.15) is 5.82 Å². The number of nitrogens with two attached hydrogens (primary N) is 1. The predicted molar refractivity (Wildman–Crippen MR) is 57.6 cm³/mol. The van der Waals surface area contributed by atoms with Crippen LogP contribution in [-0.2, 0) is 6.42 Å². The summed E-state index contributed by atoms with van der Waals surface area (Å²) in [6, 6.07) is 0.909. The first kappa shape index (κ1) is 11.3. The van der Waals surface area contributed by atoms with Crippen LogP contribution < -0.4 is 10.5 Å². The van der Waals surface area contributed by atoms with Gasteiger partial charge in [-0.3, -0.25) is 0 Å². The molecule has 0 spiro atoms. The van der Waals surface area contributed by atoms with Gasteiger partial charge in [-0.2, -0.15) is 0 Å². The summed E-state index contributed by atoms with van der Waals surface area (Å²) >= 11 is 0. The molecule has 1 unspecified atom stereocenters. The third kappa shape index (κ3) is 1.78. The largest absolute Gasteiger partial charge is 0.490 e. The Balaban J connectivity index is 2.48. The van der Waals surface area contributed by atoms with E-state index in [9.17, 15) is 8.78 Å². The first-order chi connectivity index (χ1) is 7.65. The SMILES string of the molecule is CC(CCN)c1c(F)cc(F)c2c1CCO2. The van der Waals surface area contributed by atoms with E-state index in [4.69, 9.17) is 10.5 Å². The Morgan fingerprint density at radius 2 is 2.19 bits per heavy atom. The van der Waals surface area contributed by atoms with Gasteiger partial charge >= 0.3 is 0 Å². The molecule has 16 heavy (non-hydrogen) atoms. The van der Waals surface area contributed by atoms with Crippen LogP contribution in [0.5, 0.6) is 5.75 Å². The lowest BCUT2D eigenvalue weighted by Gasteiger charge is -2.15. The summed E-state index contributed by atoms with van der Waals surface area (Å²) in [5.41, 5.74) is 6.71. The molecular formula is C12H15F2NO. The molecule has 0 radical (unpaired) electrons. The predicted octanol–water partition coefficient (Wildman–Crippen LogP) is 2.35. The van der Waals surface area contributed by atoms with Gasteiger partial charge in [-0.15, -0.1) is 0 Å². The van der Waals surface area contributed by atoms with Gasteiger partial charge in [-0.1, -0.05) is 6.92 Å². The summed E-state index contributed by atoms with van der Waals surface area (Å²) in [4.78, 5) is 0. The zero-order valence-electron chi connectivity index (χ0n) is 9.22. The number of benzene rings is 1. The van der Waals surface area contributed by atoms with Gasteiger partial charge < -0.3 is 10.5 Å². The van der Waals surface area contributed by atoms with Crippen LogP contribution in [0.2, 0.25) is 0 Å². The van der Waals surface area contributed by atoms with Gasteiger partial charge in [0.25, 0.3) is 0 Å². The van der Waals surface area contributed by atoms with Crippen molar-refractivity contribution in [3.63, 3.8) is 0 Å². The topological polar surface area (TPSA) is 35.2 Å². The Morgan fingerprint density at radius 3 is 2.88 bits per heavy atom. The molecule has 1 aromatic carbocycles. The van der Waals surface area contributed by atoms with Gasteiger partial charge in [0, 0.05) is 18.1 Å². The lowest BCUT2D eigenvalue weighted by atomic mass is 9.91. The average Bonchev–Trinajstić information content (AvgIpc) is 2.66. The summed E-state index contributed by atoms with van der Waals surface area (Å²) in [6.07, 6.45) is 1.27. The molecule has 1 heterocycles. The second kappa shape index (κ2) is 4.37. The normalized spacial score (nSPS) is 15.8.